The smallest absolute Gasteiger partial charge is 0.192 e. The first-order chi connectivity index (χ1) is 19.6. The van der Waals surface area contributed by atoms with E-state index in [1.165, 1.54) is 16.7 Å². The van der Waals surface area contributed by atoms with Crippen LogP contribution >= 0.6 is 0 Å². The molecule has 0 aromatic heterocycles. The molecule has 0 radical (unpaired) electrons. The van der Waals surface area contributed by atoms with Gasteiger partial charge in [-0.3, -0.25) is 0 Å². The second-order valence-electron chi connectivity index (χ2n) is 12.7. The lowest BCUT2D eigenvalue weighted by molar-refractivity contribution is 0.176. The molecule has 1 aliphatic heterocycles. The highest BCUT2D eigenvalue weighted by molar-refractivity contribution is 6.74. The van der Waals surface area contributed by atoms with Gasteiger partial charge in [-0.1, -0.05) is 93.6 Å². The number of nitrogens with two attached hydrogens (primary N) is 1. The van der Waals surface area contributed by atoms with Gasteiger partial charge in [-0.15, -0.1) is 0 Å². The van der Waals surface area contributed by atoms with E-state index in [0.29, 0.717) is 19.2 Å². The Hall–Kier alpha value is -2.90. The molecule has 3 aromatic rings. The zero-order valence-corrected chi connectivity index (χ0v) is 26.8. The topological polar surface area (TPSA) is 68.5 Å². The predicted octanol–water partition coefficient (Wildman–Crippen LogP) is 7.49. The van der Waals surface area contributed by atoms with Gasteiger partial charge in [0.1, 0.15) is 12.4 Å². The van der Waals surface area contributed by atoms with Gasteiger partial charge in [0.25, 0.3) is 0 Å². The summed E-state index contributed by atoms with van der Waals surface area (Å²) in [5.41, 5.74) is 13.0. The van der Waals surface area contributed by atoms with Crippen molar-refractivity contribution < 1.29 is 9.16 Å². The third kappa shape index (κ3) is 8.32. The quantitative estimate of drug-likeness (QED) is 0.186. The van der Waals surface area contributed by atoms with Crippen LogP contribution in [-0.4, -0.2) is 34.0 Å². The molecule has 5 nitrogen and oxygen atoms in total. The number of fused-ring (bicyclic) bond motifs is 1. The van der Waals surface area contributed by atoms with Crippen LogP contribution in [0.5, 0.6) is 5.75 Å². The molecular weight excluding hydrogens is 522 g/mol. The molecule has 0 aliphatic carbocycles. The number of anilines is 1. The summed E-state index contributed by atoms with van der Waals surface area (Å²) in [6.45, 7) is 16.6. The van der Waals surface area contributed by atoms with E-state index in [0.717, 1.165) is 48.5 Å². The molecule has 0 saturated heterocycles. The van der Waals surface area contributed by atoms with Crippen LogP contribution in [0.1, 0.15) is 61.6 Å². The summed E-state index contributed by atoms with van der Waals surface area (Å²) in [6, 6.07) is 23.7. The molecule has 4 N–H and O–H groups in total. The molecule has 220 valence electrons. The lowest BCUT2D eigenvalue weighted by Gasteiger charge is -2.40. The van der Waals surface area contributed by atoms with Crippen LogP contribution in [0.25, 0.3) is 6.08 Å². The lowest BCUT2D eigenvalue weighted by atomic mass is 9.97. The molecule has 1 heterocycles. The SMILES string of the molecule is C[C@H](Cc1cccc(CCN)c1)NC[C@H](O[Si](C)(C)C(C)(C)C)c1ccc(OCc2ccccc2)c2c1C=CCN2. The number of hydrogen-bond acceptors (Lipinski definition) is 5. The van der Waals surface area contributed by atoms with Gasteiger partial charge in [-0.2, -0.15) is 0 Å². The van der Waals surface area contributed by atoms with Crippen LogP contribution < -0.4 is 21.1 Å². The summed E-state index contributed by atoms with van der Waals surface area (Å²) in [5.74, 6) is 0.877. The number of rotatable bonds is 13. The Morgan fingerprint density at radius 1 is 0.976 bits per heavy atom. The first-order valence-corrected chi connectivity index (χ1v) is 17.9. The van der Waals surface area contributed by atoms with Gasteiger partial charge < -0.3 is 25.5 Å². The van der Waals surface area contributed by atoms with Gasteiger partial charge in [-0.25, -0.2) is 0 Å². The van der Waals surface area contributed by atoms with Gasteiger partial charge in [-0.05, 0) is 72.8 Å². The number of hydrogen-bond donors (Lipinski definition) is 3. The van der Waals surface area contributed by atoms with Crippen molar-refractivity contribution in [3.05, 3.63) is 101 Å². The van der Waals surface area contributed by atoms with Crippen LogP contribution in [0, 0.1) is 0 Å². The molecule has 0 spiro atoms. The van der Waals surface area contributed by atoms with Crippen LogP contribution in [0.4, 0.5) is 5.69 Å². The van der Waals surface area contributed by atoms with Gasteiger partial charge in [0, 0.05) is 24.7 Å². The monoisotopic (exact) mass is 571 g/mol. The van der Waals surface area contributed by atoms with E-state index < -0.39 is 8.32 Å². The Balaban J connectivity index is 1.57. The van der Waals surface area contributed by atoms with Gasteiger partial charge >= 0.3 is 0 Å². The lowest BCUT2D eigenvalue weighted by Crippen LogP contribution is -2.44. The van der Waals surface area contributed by atoms with E-state index in [2.05, 4.69) is 112 Å². The number of benzene rings is 3. The van der Waals surface area contributed by atoms with Gasteiger partial charge in [0.15, 0.2) is 8.32 Å². The van der Waals surface area contributed by atoms with E-state index >= 15 is 0 Å². The molecule has 2 atom stereocenters. The Bertz CT molecular complexity index is 1300. The Morgan fingerprint density at radius 2 is 1.71 bits per heavy atom. The van der Waals surface area contributed by atoms with Crippen molar-refractivity contribution in [3.63, 3.8) is 0 Å². The first kappa shape index (κ1) is 31.0. The van der Waals surface area contributed by atoms with E-state index in [4.69, 9.17) is 14.9 Å². The molecule has 41 heavy (non-hydrogen) atoms. The normalized spacial score (nSPS) is 14.7. The van der Waals surface area contributed by atoms with Crippen molar-refractivity contribution in [3.8, 4) is 5.75 Å². The van der Waals surface area contributed by atoms with E-state index in [-0.39, 0.29) is 11.1 Å². The predicted molar refractivity (Wildman–Crippen MR) is 176 cm³/mol. The fourth-order valence-electron chi connectivity index (χ4n) is 5.01. The maximum atomic E-state index is 7.14. The summed E-state index contributed by atoms with van der Waals surface area (Å²) < 4.78 is 13.5. The minimum absolute atomic E-state index is 0.0802. The molecule has 0 fully saturated rings. The van der Waals surface area contributed by atoms with E-state index in [9.17, 15) is 0 Å². The molecule has 0 saturated carbocycles. The van der Waals surface area contributed by atoms with Crippen molar-refractivity contribution in [1.82, 2.24) is 5.32 Å². The average Bonchev–Trinajstić information content (AvgIpc) is 2.94. The van der Waals surface area contributed by atoms with Crippen LogP contribution in [-0.2, 0) is 23.9 Å². The third-order valence-corrected chi connectivity index (χ3v) is 12.9. The summed E-state index contributed by atoms with van der Waals surface area (Å²) in [6.07, 6.45) is 6.20. The first-order valence-electron chi connectivity index (χ1n) is 15.0. The van der Waals surface area contributed by atoms with Gasteiger partial charge in [0.2, 0.25) is 0 Å². The summed E-state index contributed by atoms with van der Waals surface area (Å²) >= 11 is 0. The molecule has 0 unspecified atom stereocenters. The molecule has 4 rings (SSSR count). The fraction of sp³-hybridized carbons (Fsp3) is 0.429. The second kappa shape index (κ2) is 13.8. The fourth-order valence-corrected chi connectivity index (χ4v) is 6.29. The van der Waals surface area contributed by atoms with E-state index in [1.54, 1.807) is 0 Å². The summed E-state index contributed by atoms with van der Waals surface area (Å²) in [5, 5.41) is 7.51. The molecular formula is C35H49N3O2Si. The van der Waals surface area contributed by atoms with Crippen LogP contribution in [0.2, 0.25) is 18.1 Å². The van der Waals surface area contributed by atoms with Crippen molar-refractivity contribution in [2.75, 3.05) is 25.0 Å². The second-order valence-corrected chi connectivity index (χ2v) is 17.5. The minimum Gasteiger partial charge on any atom is -0.487 e. The highest BCUT2D eigenvalue weighted by Gasteiger charge is 2.40. The summed E-state index contributed by atoms with van der Waals surface area (Å²) in [7, 11) is -2.06. The molecule has 0 bridgehead atoms. The zero-order valence-electron chi connectivity index (χ0n) is 25.8. The Morgan fingerprint density at radius 3 is 2.44 bits per heavy atom. The maximum absolute atomic E-state index is 7.14. The van der Waals surface area contributed by atoms with Gasteiger partial charge in [0.05, 0.1) is 11.8 Å². The van der Waals surface area contributed by atoms with Crippen molar-refractivity contribution in [2.24, 2.45) is 5.73 Å². The van der Waals surface area contributed by atoms with Crippen molar-refractivity contribution in [2.45, 2.75) is 77.4 Å². The van der Waals surface area contributed by atoms with Crippen molar-refractivity contribution >= 4 is 20.1 Å². The zero-order chi connectivity index (χ0) is 29.5. The average molecular weight is 572 g/mol. The highest BCUT2D eigenvalue weighted by atomic mass is 28.4. The Kier molecular flexibility index (Phi) is 10.5. The van der Waals surface area contributed by atoms with Crippen molar-refractivity contribution in [1.29, 1.82) is 0 Å². The molecule has 1 aliphatic rings. The maximum Gasteiger partial charge on any atom is 0.192 e. The number of ether oxygens (including phenoxy) is 1. The minimum atomic E-state index is -2.06. The van der Waals surface area contributed by atoms with E-state index in [1.807, 2.05) is 18.2 Å². The highest BCUT2D eigenvalue weighted by Crippen LogP contribution is 2.43. The Labute approximate surface area is 248 Å². The number of nitrogens with one attached hydrogen (secondary N) is 2. The molecule has 3 aromatic carbocycles. The molecule has 0 amide bonds. The standard InChI is InChI=1S/C35H49N3O2Si/c1-26(22-29-15-10-14-27(23-29)19-20-36)38-24-33(40-41(5,6)35(2,3)4)30-17-18-32(34-31(30)16-11-21-37-34)39-25-28-12-8-7-9-13-28/h7-18,23,26,33,37-38H,19-22,24-25,36H2,1-6H3/t26-,33+/m1/s1. The third-order valence-electron chi connectivity index (χ3n) is 8.37. The largest absolute Gasteiger partial charge is 0.487 e. The van der Waals surface area contributed by atoms with Crippen LogP contribution in [0.3, 0.4) is 0 Å². The summed E-state index contributed by atoms with van der Waals surface area (Å²) in [4.78, 5) is 0. The van der Waals surface area contributed by atoms with Crippen LogP contribution in [0.15, 0.2) is 72.8 Å². The molecule has 6 heteroatoms.